The zero-order valence-corrected chi connectivity index (χ0v) is 25.9. The molecule has 0 aromatic heterocycles. The summed E-state index contributed by atoms with van der Waals surface area (Å²) in [6, 6.07) is 13.7. The third-order valence-corrected chi connectivity index (χ3v) is 9.44. The van der Waals surface area contributed by atoms with Crippen molar-refractivity contribution in [1.29, 1.82) is 0 Å². The van der Waals surface area contributed by atoms with Crippen LogP contribution >= 0.6 is 0 Å². The second-order valence-electron chi connectivity index (χ2n) is 12.5. The third kappa shape index (κ3) is 7.16. The molecule has 2 amide bonds. The Morgan fingerprint density at radius 1 is 1.07 bits per heavy atom. The summed E-state index contributed by atoms with van der Waals surface area (Å²) >= 11 is 0. The molecule has 3 aliphatic rings. The van der Waals surface area contributed by atoms with Crippen LogP contribution in [0.2, 0.25) is 0 Å². The second-order valence-corrected chi connectivity index (χ2v) is 12.5. The average Bonchev–Trinajstić information content (AvgIpc) is 2.99. The SMILES string of the molecule is CCN(c1cc(-c2ccc(CN3CCOCC3)cc2)cc(C(=O)NCC2C(=O)NC(C)CC2C)c1C)C1CCNCC1. The molecule has 42 heavy (non-hydrogen) atoms. The van der Waals surface area contributed by atoms with E-state index in [1.165, 1.54) is 5.56 Å². The zero-order chi connectivity index (χ0) is 29.6. The number of hydrogen-bond acceptors (Lipinski definition) is 6. The van der Waals surface area contributed by atoms with E-state index in [9.17, 15) is 9.59 Å². The monoisotopic (exact) mass is 575 g/mol. The molecule has 3 saturated heterocycles. The molecule has 3 N–H and O–H groups in total. The third-order valence-electron chi connectivity index (χ3n) is 9.44. The van der Waals surface area contributed by atoms with Gasteiger partial charge in [-0.05, 0) is 93.4 Å². The van der Waals surface area contributed by atoms with Crippen molar-refractivity contribution in [2.45, 2.75) is 65.6 Å². The maximum absolute atomic E-state index is 13.8. The number of carbonyl (C=O) groups is 2. The number of hydrogen-bond donors (Lipinski definition) is 3. The van der Waals surface area contributed by atoms with E-state index in [2.05, 4.69) is 76.9 Å². The minimum Gasteiger partial charge on any atom is -0.379 e. The molecular weight excluding hydrogens is 526 g/mol. The molecule has 0 radical (unpaired) electrons. The quantitative estimate of drug-likeness (QED) is 0.420. The summed E-state index contributed by atoms with van der Waals surface area (Å²) < 4.78 is 5.50. The minimum absolute atomic E-state index is 0.0351. The summed E-state index contributed by atoms with van der Waals surface area (Å²) in [5, 5.41) is 9.68. The van der Waals surface area contributed by atoms with Crippen LogP contribution in [0.1, 0.15) is 61.5 Å². The van der Waals surface area contributed by atoms with Crippen molar-refractivity contribution in [2.24, 2.45) is 11.8 Å². The van der Waals surface area contributed by atoms with Crippen molar-refractivity contribution in [3.63, 3.8) is 0 Å². The highest BCUT2D eigenvalue weighted by atomic mass is 16.5. The maximum atomic E-state index is 13.8. The van der Waals surface area contributed by atoms with Gasteiger partial charge in [-0.1, -0.05) is 31.2 Å². The van der Waals surface area contributed by atoms with Gasteiger partial charge in [0.2, 0.25) is 5.91 Å². The molecule has 2 aromatic carbocycles. The molecule has 2 aromatic rings. The summed E-state index contributed by atoms with van der Waals surface area (Å²) in [5.74, 6) is -0.0648. The Bertz CT molecular complexity index is 1220. The second kappa shape index (κ2) is 14.0. The van der Waals surface area contributed by atoms with Crippen molar-refractivity contribution in [2.75, 3.05) is 57.4 Å². The van der Waals surface area contributed by atoms with Crippen molar-refractivity contribution in [1.82, 2.24) is 20.9 Å². The Hall–Kier alpha value is -2.94. The fraction of sp³-hybridized carbons (Fsp3) is 0.588. The molecule has 0 aliphatic carbocycles. The standard InChI is InChI=1S/C34H49N5O3/c1-5-39(29-10-12-35-13-11-29)32-20-28(27-8-6-26(7-9-27)22-38-14-16-42-17-15-38)19-30(25(32)4)33(40)36-21-31-23(2)18-24(3)37-34(31)41/h6-9,19-20,23-24,29,31,35H,5,10-18,21-22H2,1-4H3,(H,36,40)(H,37,41). The van der Waals surface area contributed by atoms with Crippen LogP contribution in [-0.4, -0.2) is 81.3 Å². The van der Waals surface area contributed by atoms with Gasteiger partial charge < -0.3 is 25.6 Å². The maximum Gasteiger partial charge on any atom is 0.251 e. The average molecular weight is 576 g/mol. The molecule has 0 bridgehead atoms. The van der Waals surface area contributed by atoms with Crippen molar-refractivity contribution < 1.29 is 14.3 Å². The van der Waals surface area contributed by atoms with Gasteiger partial charge in [-0.25, -0.2) is 0 Å². The van der Waals surface area contributed by atoms with E-state index in [0.717, 1.165) is 94.1 Å². The summed E-state index contributed by atoms with van der Waals surface area (Å²) in [6.45, 7) is 16.1. The summed E-state index contributed by atoms with van der Waals surface area (Å²) in [7, 11) is 0. The predicted octanol–water partition coefficient (Wildman–Crippen LogP) is 3.96. The molecule has 0 saturated carbocycles. The van der Waals surface area contributed by atoms with Gasteiger partial charge in [-0.2, -0.15) is 0 Å². The van der Waals surface area contributed by atoms with E-state index in [0.29, 0.717) is 18.2 Å². The Morgan fingerprint density at radius 3 is 2.45 bits per heavy atom. The van der Waals surface area contributed by atoms with Crippen molar-refractivity contribution >= 4 is 17.5 Å². The highest BCUT2D eigenvalue weighted by Crippen LogP contribution is 2.34. The normalized spacial score (nSPS) is 23.8. The van der Waals surface area contributed by atoms with Crippen LogP contribution in [0.15, 0.2) is 36.4 Å². The van der Waals surface area contributed by atoms with E-state index in [1.807, 2.05) is 13.0 Å². The molecule has 3 fully saturated rings. The molecule has 3 unspecified atom stereocenters. The van der Waals surface area contributed by atoms with Crippen molar-refractivity contribution in [3.05, 3.63) is 53.1 Å². The summed E-state index contributed by atoms with van der Waals surface area (Å²) in [6.07, 6.45) is 3.10. The molecule has 3 atom stereocenters. The first-order valence-electron chi connectivity index (χ1n) is 15.9. The molecule has 5 rings (SSSR count). The largest absolute Gasteiger partial charge is 0.379 e. The number of rotatable bonds is 9. The number of carbonyl (C=O) groups excluding carboxylic acids is 2. The number of nitrogens with one attached hydrogen (secondary N) is 3. The molecule has 8 heteroatoms. The lowest BCUT2D eigenvalue weighted by Crippen LogP contribution is -2.50. The van der Waals surface area contributed by atoms with Gasteiger partial charge in [0.05, 0.1) is 19.1 Å². The Balaban J connectivity index is 1.42. The smallest absolute Gasteiger partial charge is 0.251 e. The van der Waals surface area contributed by atoms with Crippen LogP contribution in [0.5, 0.6) is 0 Å². The highest BCUT2D eigenvalue weighted by molar-refractivity contribution is 5.99. The van der Waals surface area contributed by atoms with Gasteiger partial charge in [0.15, 0.2) is 0 Å². The topological polar surface area (TPSA) is 85.9 Å². The van der Waals surface area contributed by atoms with Gasteiger partial charge in [-0.3, -0.25) is 14.5 Å². The van der Waals surface area contributed by atoms with Crippen LogP contribution in [0.25, 0.3) is 11.1 Å². The molecule has 0 spiro atoms. The van der Waals surface area contributed by atoms with Crippen LogP contribution in [0, 0.1) is 18.8 Å². The lowest BCUT2D eigenvalue weighted by molar-refractivity contribution is -0.129. The predicted molar refractivity (Wildman–Crippen MR) is 169 cm³/mol. The van der Waals surface area contributed by atoms with E-state index < -0.39 is 0 Å². The van der Waals surface area contributed by atoms with E-state index in [-0.39, 0.29) is 29.7 Å². The summed E-state index contributed by atoms with van der Waals surface area (Å²) in [5.41, 5.74) is 6.24. The number of nitrogens with zero attached hydrogens (tertiary/aromatic N) is 2. The summed E-state index contributed by atoms with van der Waals surface area (Å²) in [4.78, 5) is 31.4. The highest BCUT2D eigenvalue weighted by Gasteiger charge is 2.32. The van der Waals surface area contributed by atoms with Crippen molar-refractivity contribution in [3.8, 4) is 11.1 Å². The lowest BCUT2D eigenvalue weighted by atomic mass is 9.84. The Kier molecular flexibility index (Phi) is 10.2. The van der Waals surface area contributed by atoms with E-state index in [4.69, 9.17) is 4.74 Å². The number of piperidine rings is 2. The molecule has 8 nitrogen and oxygen atoms in total. The van der Waals surface area contributed by atoms with Crippen LogP contribution < -0.4 is 20.9 Å². The molecule has 228 valence electrons. The van der Waals surface area contributed by atoms with Gasteiger partial charge >= 0.3 is 0 Å². The molecule has 3 heterocycles. The van der Waals surface area contributed by atoms with E-state index >= 15 is 0 Å². The fourth-order valence-electron chi connectivity index (χ4n) is 6.94. The molecule has 3 aliphatic heterocycles. The zero-order valence-electron chi connectivity index (χ0n) is 25.9. The number of ether oxygens (including phenoxy) is 1. The van der Waals surface area contributed by atoms with Crippen LogP contribution in [0.4, 0.5) is 5.69 Å². The van der Waals surface area contributed by atoms with Gasteiger partial charge in [-0.15, -0.1) is 0 Å². The van der Waals surface area contributed by atoms with Gasteiger partial charge in [0.1, 0.15) is 0 Å². The van der Waals surface area contributed by atoms with Crippen LogP contribution in [-0.2, 0) is 16.1 Å². The minimum atomic E-state index is -0.214. The van der Waals surface area contributed by atoms with E-state index in [1.54, 1.807) is 0 Å². The number of benzene rings is 2. The number of morpholine rings is 1. The lowest BCUT2D eigenvalue weighted by Gasteiger charge is -2.37. The molecular formula is C34H49N5O3. The first-order chi connectivity index (χ1) is 20.3. The van der Waals surface area contributed by atoms with Gasteiger partial charge in [0.25, 0.3) is 5.91 Å². The number of amides is 2. The van der Waals surface area contributed by atoms with Gasteiger partial charge in [0, 0.05) is 56.1 Å². The Labute approximate surface area is 251 Å². The Morgan fingerprint density at radius 2 is 1.79 bits per heavy atom. The first kappa shape index (κ1) is 30.5. The number of anilines is 1. The first-order valence-corrected chi connectivity index (χ1v) is 15.9. The fourth-order valence-corrected chi connectivity index (χ4v) is 6.94. The van der Waals surface area contributed by atoms with Crippen LogP contribution in [0.3, 0.4) is 0 Å².